The van der Waals surface area contributed by atoms with Gasteiger partial charge in [0.1, 0.15) is 5.75 Å². The zero-order chi connectivity index (χ0) is 14.2. The highest BCUT2D eigenvalue weighted by molar-refractivity contribution is 7.90. The minimum atomic E-state index is -3.63. The smallest absolute Gasteiger partial charge is 0.282 e. The van der Waals surface area contributed by atoms with Crippen molar-refractivity contribution in [1.29, 1.82) is 0 Å². The molecule has 0 spiro atoms. The van der Waals surface area contributed by atoms with Gasteiger partial charge in [-0.2, -0.15) is 12.8 Å². The Balaban J connectivity index is 2.13. The molecule has 0 unspecified atom stereocenters. The largest absolute Gasteiger partial charge is 0.497 e. The molecule has 0 N–H and O–H groups in total. The Morgan fingerprint density at radius 3 is 2.55 bits per heavy atom. The van der Waals surface area contributed by atoms with Gasteiger partial charge in [0.2, 0.25) is 0 Å². The summed E-state index contributed by atoms with van der Waals surface area (Å²) < 4.78 is 33.5. The first kappa shape index (κ1) is 12.9. The van der Waals surface area contributed by atoms with E-state index in [1.165, 1.54) is 0 Å². The van der Waals surface area contributed by atoms with Crippen LogP contribution in [0, 0.1) is 0 Å². The van der Waals surface area contributed by atoms with Crippen LogP contribution < -0.4 is 4.74 Å². The molecular formula is C15H13NO3S. The van der Waals surface area contributed by atoms with E-state index in [9.17, 15) is 8.42 Å². The van der Waals surface area contributed by atoms with Gasteiger partial charge < -0.3 is 4.74 Å². The second-order valence-corrected chi connectivity index (χ2v) is 6.10. The number of rotatable bonds is 2. The van der Waals surface area contributed by atoms with Crippen LogP contribution in [0.5, 0.6) is 5.75 Å². The molecule has 0 saturated heterocycles. The summed E-state index contributed by atoms with van der Waals surface area (Å²) in [4.78, 5) is 0.262. The van der Waals surface area contributed by atoms with Crippen LogP contribution in [0.1, 0.15) is 11.1 Å². The number of hydrogen-bond donors (Lipinski definition) is 0. The van der Waals surface area contributed by atoms with Gasteiger partial charge in [-0.25, -0.2) is 0 Å². The summed E-state index contributed by atoms with van der Waals surface area (Å²) in [5.74, 6) is 0.647. The molecule has 2 aromatic carbocycles. The molecule has 0 radical (unpaired) electrons. The number of fused-ring (bicyclic) bond motifs is 1. The monoisotopic (exact) mass is 287 g/mol. The molecule has 2 aromatic rings. The number of sulfonamides is 1. The van der Waals surface area contributed by atoms with Crippen LogP contribution in [0.25, 0.3) is 0 Å². The Morgan fingerprint density at radius 2 is 1.85 bits per heavy atom. The van der Waals surface area contributed by atoms with E-state index >= 15 is 0 Å². The summed E-state index contributed by atoms with van der Waals surface area (Å²) in [7, 11) is -2.07. The van der Waals surface area contributed by atoms with Crippen LogP contribution in [-0.4, -0.2) is 21.2 Å². The van der Waals surface area contributed by atoms with Crippen molar-refractivity contribution in [1.82, 2.24) is 0 Å². The van der Waals surface area contributed by atoms with Gasteiger partial charge in [0.05, 0.1) is 17.7 Å². The quantitative estimate of drug-likeness (QED) is 0.852. The van der Waals surface area contributed by atoms with Crippen LogP contribution >= 0.6 is 0 Å². The third-order valence-electron chi connectivity index (χ3n) is 3.24. The molecule has 1 aliphatic heterocycles. The minimum absolute atomic E-state index is 0.262. The van der Waals surface area contributed by atoms with Crippen molar-refractivity contribution in [3.8, 4) is 5.75 Å². The Morgan fingerprint density at radius 1 is 1.10 bits per heavy atom. The van der Waals surface area contributed by atoms with Crippen LogP contribution in [0.4, 0.5) is 0 Å². The van der Waals surface area contributed by atoms with Gasteiger partial charge in [-0.3, -0.25) is 0 Å². The molecule has 1 heterocycles. The fourth-order valence-electron chi connectivity index (χ4n) is 2.26. The highest BCUT2D eigenvalue weighted by Gasteiger charge is 2.25. The van der Waals surface area contributed by atoms with E-state index in [-0.39, 0.29) is 4.90 Å². The summed E-state index contributed by atoms with van der Waals surface area (Å²) in [6, 6.07) is 14.3. The third kappa shape index (κ3) is 2.20. The van der Waals surface area contributed by atoms with Gasteiger partial charge in [0.15, 0.2) is 0 Å². The fourth-order valence-corrected chi connectivity index (χ4v) is 3.53. The maximum atomic E-state index is 12.2. The molecule has 0 aliphatic carbocycles. The van der Waals surface area contributed by atoms with Gasteiger partial charge in [-0.1, -0.05) is 30.3 Å². The van der Waals surface area contributed by atoms with Crippen LogP contribution in [0.3, 0.4) is 0 Å². The minimum Gasteiger partial charge on any atom is -0.497 e. The van der Waals surface area contributed by atoms with E-state index in [1.54, 1.807) is 25.3 Å². The molecule has 20 heavy (non-hydrogen) atoms. The average molecular weight is 287 g/mol. The van der Waals surface area contributed by atoms with E-state index in [1.807, 2.05) is 30.3 Å². The first-order valence-electron chi connectivity index (χ1n) is 6.16. The van der Waals surface area contributed by atoms with Gasteiger partial charge in [0.25, 0.3) is 10.0 Å². The van der Waals surface area contributed by atoms with Crippen molar-refractivity contribution < 1.29 is 13.2 Å². The van der Waals surface area contributed by atoms with Crippen molar-refractivity contribution in [2.75, 3.05) is 7.11 Å². The van der Waals surface area contributed by atoms with Gasteiger partial charge >= 0.3 is 0 Å². The lowest BCUT2D eigenvalue weighted by molar-refractivity contribution is 0.414. The van der Waals surface area contributed by atoms with E-state index in [0.717, 1.165) is 11.1 Å². The maximum Gasteiger partial charge on any atom is 0.282 e. The lowest BCUT2D eigenvalue weighted by atomic mass is 10.0. The van der Waals surface area contributed by atoms with Crippen LogP contribution in [0.15, 0.2) is 57.8 Å². The summed E-state index contributed by atoms with van der Waals surface area (Å²) in [6.07, 6.45) is 0.482. The van der Waals surface area contributed by atoms with Crippen molar-refractivity contribution in [2.45, 2.75) is 11.3 Å². The SMILES string of the molecule is COc1ccc2c(c1)CC(c1ccccc1)=NS2(=O)=O. The first-order valence-corrected chi connectivity index (χ1v) is 7.60. The van der Waals surface area contributed by atoms with Crippen molar-refractivity contribution >= 4 is 15.7 Å². The van der Waals surface area contributed by atoms with Gasteiger partial charge in [-0.05, 0) is 29.3 Å². The average Bonchev–Trinajstić information content (AvgIpc) is 2.46. The lowest BCUT2D eigenvalue weighted by Gasteiger charge is -2.17. The highest BCUT2D eigenvalue weighted by atomic mass is 32.2. The molecule has 0 aromatic heterocycles. The Labute approximate surface area is 117 Å². The van der Waals surface area contributed by atoms with Crippen molar-refractivity contribution in [3.05, 3.63) is 59.7 Å². The van der Waals surface area contributed by atoms with Crippen molar-refractivity contribution in [2.24, 2.45) is 4.40 Å². The number of methoxy groups -OCH3 is 1. The molecule has 4 nitrogen and oxygen atoms in total. The lowest BCUT2D eigenvalue weighted by Crippen LogP contribution is -2.17. The molecule has 1 aliphatic rings. The first-order chi connectivity index (χ1) is 9.60. The topological polar surface area (TPSA) is 55.7 Å². The number of ether oxygens (including phenoxy) is 1. The molecule has 102 valence electrons. The molecule has 5 heteroatoms. The molecule has 0 saturated carbocycles. The molecule has 0 fully saturated rings. The summed E-state index contributed by atoms with van der Waals surface area (Å²) in [6.45, 7) is 0. The van der Waals surface area contributed by atoms with Crippen LogP contribution in [-0.2, 0) is 16.4 Å². The maximum absolute atomic E-state index is 12.2. The van der Waals surface area contributed by atoms with Gasteiger partial charge in [-0.15, -0.1) is 0 Å². The molecule has 0 atom stereocenters. The predicted molar refractivity (Wildman–Crippen MR) is 76.9 cm³/mol. The predicted octanol–water partition coefficient (Wildman–Crippen LogP) is 2.43. The fraction of sp³-hybridized carbons (Fsp3) is 0.133. The van der Waals surface area contributed by atoms with Crippen molar-refractivity contribution in [3.63, 3.8) is 0 Å². The standard InChI is InChI=1S/C15H13NO3S/c1-19-13-7-8-15-12(9-13)10-14(16-20(15,17)18)11-5-3-2-4-6-11/h2-9H,10H2,1H3. The summed E-state index contributed by atoms with van der Waals surface area (Å²) >= 11 is 0. The molecule has 0 bridgehead atoms. The second-order valence-electron chi connectivity index (χ2n) is 4.53. The summed E-state index contributed by atoms with van der Waals surface area (Å²) in [5.41, 5.74) is 2.11. The molecule has 0 amide bonds. The Bertz CT molecular complexity index is 780. The van der Waals surface area contributed by atoms with Crippen LogP contribution in [0.2, 0.25) is 0 Å². The number of benzene rings is 2. The molecule has 3 rings (SSSR count). The molecular weight excluding hydrogens is 274 g/mol. The zero-order valence-electron chi connectivity index (χ0n) is 10.9. The Kier molecular flexibility index (Phi) is 3.06. The zero-order valence-corrected chi connectivity index (χ0v) is 11.7. The van der Waals surface area contributed by atoms with Gasteiger partial charge in [0, 0.05) is 6.42 Å². The highest BCUT2D eigenvalue weighted by Crippen LogP contribution is 2.29. The van der Waals surface area contributed by atoms with E-state index < -0.39 is 10.0 Å². The number of nitrogens with zero attached hydrogens (tertiary/aromatic N) is 1. The normalized spacial score (nSPS) is 16.1. The van der Waals surface area contributed by atoms with E-state index in [4.69, 9.17) is 4.74 Å². The summed E-state index contributed by atoms with van der Waals surface area (Å²) in [5, 5.41) is 0. The van der Waals surface area contributed by atoms with E-state index in [0.29, 0.717) is 17.9 Å². The number of hydrogen-bond acceptors (Lipinski definition) is 3. The second kappa shape index (κ2) is 4.76. The Hall–Kier alpha value is -2.14. The third-order valence-corrected chi connectivity index (χ3v) is 4.66. The van der Waals surface area contributed by atoms with E-state index in [2.05, 4.69) is 4.40 Å².